The van der Waals surface area contributed by atoms with Gasteiger partial charge in [0.2, 0.25) is 0 Å². The number of carbonyl (C=O) groups excluding carboxylic acids is 2. The molecule has 2 aromatic carbocycles. The highest BCUT2D eigenvalue weighted by molar-refractivity contribution is 6.35. The van der Waals surface area contributed by atoms with Crippen LogP contribution < -0.4 is 15.5 Å². The number of amides is 2. The van der Waals surface area contributed by atoms with Gasteiger partial charge in [-0.1, -0.05) is 12.1 Å². The standard InChI is InChI=1S/C21H18FN3O4/c22-17-4-1-3-16(11-17)14-29-18-8-6-15(7-9-18)12-24-25-21(27)20(26)23-13-19-5-2-10-28-19/h1-12H,13-14H2,(H,23,26)(H,25,27)/b24-12-. The molecule has 29 heavy (non-hydrogen) atoms. The number of ether oxygens (including phenoxy) is 1. The van der Waals surface area contributed by atoms with Gasteiger partial charge in [0.25, 0.3) is 0 Å². The summed E-state index contributed by atoms with van der Waals surface area (Å²) in [6.45, 7) is 0.356. The van der Waals surface area contributed by atoms with Crippen LogP contribution >= 0.6 is 0 Å². The van der Waals surface area contributed by atoms with Gasteiger partial charge in [0, 0.05) is 0 Å². The zero-order valence-corrected chi connectivity index (χ0v) is 15.3. The van der Waals surface area contributed by atoms with Crippen LogP contribution in [0.25, 0.3) is 0 Å². The average molecular weight is 395 g/mol. The van der Waals surface area contributed by atoms with E-state index >= 15 is 0 Å². The Kier molecular flexibility index (Phi) is 6.72. The van der Waals surface area contributed by atoms with E-state index < -0.39 is 11.8 Å². The number of halogens is 1. The molecule has 0 aliphatic heterocycles. The molecule has 1 aromatic heterocycles. The van der Waals surface area contributed by atoms with Gasteiger partial charge < -0.3 is 14.5 Å². The van der Waals surface area contributed by atoms with Gasteiger partial charge in [-0.2, -0.15) is 5.10 Å². The Balaban J connectivity index is 1.43. The van der Waals surface area contributed by atoms with Crippen molar-refractivity contribution in [1.29, 1.82) is 0 Å². The van der Waals surface area contributed by atoms with E-state index in [0.717, 1.165) is 5.56 Å². The third kappa shape index (κ3) is 6.31. The van der Waals surface area contributed by atoms with E-state index in [9.17, 15) is 14.0 Å². The number of furan rings is 1. The zero-order valence-electron chi connectivity index (χ0n) is 15.3. The molecule has 0 unspecified atom stereocenters. The summed E-state index contributed by atoms with van der Waals surface area (Å²) < 4.78 is 23.8. The second kappa shape index (κ2) is 9.84. The molecule has 0 aliphatic rings. The second-order valence-corrected chi connectivity index (χ2v) is 5.95. The van der Waals surface area contributed by atoms with E-state index in [1.54, 1.807) is 48.5 Å². The van der Waals surface area contributed by atoms with E-state index in [0.29, 0.717) is 17.1 Å². The predicted molar refractivity (Wildman–Crippen MR) is 103 cm³/mol. The molecular weight excluding hydrogens is 377 g/mol. The fourth-order valence-corrected chi connectivity index (χ4v) is 2.32. The molecular formula is C21H18FN3O4. The van der Waals surface area contributed by atoms with Crippen LogP contribution in [0.3, 0.4) is 0 Å². The molecule has 148 valence electrons. The lowest BCUT2D eigenvalue weighted by atomic mass is 10.2. The maximum atomic E-state index is 13.1. The second-order valence-electron chi connectivity index (χ2n) is 5.95. The quantitative estimate of drug-likeness (QED) is 0.366. The summed E-state index contributed by atoms with van der Waals surface area (Å²) >= 11 is 0. The summed E-state index contributed by atoms with van der Waals surface area (Å²) in [5.41, 5.74) is 3.57. The molecule has 2 amide bonds. The van der Waals surface area contributed by atoms with Crippen LogP contribution in [-0.4, -0.2) is 18.0 Å². The van der Waals surface area contributed by atoms with Crippen LogP contribution in [0.4, 0.5) is 4.39 Å². The molecule has 0 aliphatic carbocycles. The maximum Gasteiger partial charge on any atom is 0.329 e. The van der Waals surface area contributed by atoms with Crippen LogP contribution in [-0.2, 0) is 22.7 Å². The highest BCUT2D eigenvalue weighted by Crippen LogP contribution is 2.14. The summed E-state index contributed by atoms with van der Waals surface area (Å²) in [6.07, 6.45) is 2.87. The number of nitrogens with one attached hydrogen (secondary N) is 2. The fraction of sp³-hybridized carbons (Fsp3) is 0.0952. The van der Waals surface area contributed by atoms with Gasteiger partial charge in [0.15, 0.2) is 0 Å². The lowest BCUT2D eigenvalue weighted by Gasteiger charge is -2.06. The van der Waals surface area contributed by atoms with Crippen LogP contribution in [0.15, 0.2) is 76.4 Å². The summed E-state index contributed by atoms with van der Waals surface area (Å²) in [5, 5.41) is 6.16. The van der Waals surface area contributed by atoms with Gasteiger partial charge in [0.05, 0.1) is 19.0 Å². The average Bonchev–Trinajstić information content (AvgIpc) is 3.25. The first kappa shape index (κ1) is 19.8. The van der Waals surface area contributed by atoms with Crippen molar-refractivity contribution >= 4 is 18.0 Å². The van der Waals surface area contributed by atoms with Crippen LogP contribution in [0.2, 0.25) is 0 Å². The van der Waals surface area contributed by atoms with Gasteiger partial charge in [0.1, 0.15) is 23.9 Å². The van der Waals surface area contributed by atoms with Gasteiger partial charge >= 0.3 is 11.8 Å². The molecule has 0 fully saturated rings. The lowest BCUT2D eigenvalue weighted by molar-refractivity contribution is -0.139. The number of benzene rings is 2. The summed E-state index contributed by atoms with van der Waals surface area (Å²) in [7, 11) is 0. The predicted octanol–water partition coefficient (Wildman–Crippen LogP) is 2.76. The van der Waals surface area contributed by atoms with Gasteiger partial charge in [-0.05, 0) is 59.7 Å². The number of hydrazone groups is 1. The minimum Gasteiger partial charge on any atom is -0.489 e. The Bertz CT molecular complexity index is 985. The summed E-state index contributed by atoms with van der Waals surface area (Å²) in [4.78, 5) is 23.3. The van der Waals surface area contributed by atoms with Gasteiger partial charge in [-0.15, -0.1) is 0 Å². The molecule has 0 saturated heterocycles. The third-order valence-electron chi connectivity index (χ3n) is 3.76. The Morgan fingerprint density at radius 3 is 2.62 bits per heavy atom. The van der Waals surface area contributed by atoms with Crippen LogP contribution in [0.5, 0.6) is 5.75 Å². The molecule has 3 rings (SSSR count). The van der Waals surface area contributed by atoms with Crippen molar-refractivity contribution in [2.24, 2.45) is 5.10 Å². The first-order chi connectivity index (χ1) is 14.1. The monoisotopic (exact) mass is 395 g/mol. The molecule has 3 aromatic rings. The number of hydrogen-bond donors (Lipinski definition) is 2. The molecule has 0 spiro atoms. The Hall–Kier alpha value is -3.94. The number of hydrogen-bond acceptors (Lipinski definition) is 5. The maximum absolute atomic E-state index is 13.1. The van der Waals surface area contributed by atoms with Crippen molar-refractivity contribution in [2.75, 3.05) is 0 Å². The van der Waals surface area contributed by atoms with E-state index in [2.05, 4.69) is 15.8 Å². The van der Waals surface area contributed by atoms with E-state index in [-0.39, 0.29) is 19.0 Å². The van der Waals surface area contributed by atoms with E-state index in [1.807, 2.05) is 0 Å². The highest BCUT2D eigenvalue weighted by atomic mass is 19.1. The fourth-order valence-electron chi connectivity index (χ4n) is 2.32. The van der Waals surface area contributed by atoms with Crippen LogP contribution in [0, 0.1) is 5.82 Å². The van der Waals surface area contributed by atoms with E-state index in [1.165, 1.54) is 24.6 Å². The Labute approximate surface area is 166 Å². The molecule has 0 radical (unpaired) electrons. The zero-order chi connectivity index (χ0) is 20.5. The SMILES string of the molecule is O=C(NCc1ccco1)C(=O)N/N=C\c1ccc(OCc2cccc(F)c2)cc1. The Morgan fingerprint density at radius 1 is 1.07 bits per heavy atom. The number of carbonyl (C=O) groups is 2. The normalized spacial score (nSPS) is 10.7. The van der Waals surface area contributed by atoms with Crippen molar-refractivity contribution in [3.8, 4) is 5.75 Å². The number of nitrogens with zero attached hydrogens (tertiary/aromatic N) is 1. The molecule has 0 bridgehead atoms. The molecule has 7 nitrogen and oxygen atoms in total. The van der Waals surface area contributed by atoms with Gasteiger partial charge in [-0.3, -0.25) is 9.59 Å². The molecule has 2 N–H and O–H groups in total. The minimum absolute atomic E-state index is 0.111. The van der Waals surface area contributed by atoms with Crippen molar-refractivity contribution in [2.45, 2.75) is 13.2 Å². The first-order valence-electron chi connectivity index (χ1n) is 8.71. The third-order valence-corrected chi connectivity index (χ3v) is 3.76. The molecule has 8 heteroatoms. The van der Waals surface area contributed by atoms with Crippen molar-refractivity contribution in [3.63, 3.8) is 0 Å². The molecule has 0 atom stereocenters. The largest absolute Gasteiger partial charge is 0.489 e. The molecule has 0 saturated carbocycles. The summed E-state index contributed by atoms with van der Waals surface area (Å²) in [6, 6.07) is 16.5. The first-order valence-corrected chi connectivity index (χ1v) is 8.71. The van der Waals surface area contributed by atoms with Crippen molar-refractivity contribution in [1.82, 2.24) is 10.7 Å². The Morgan fingerprint density at radius 2 is 1.90 bits per heavy atom. The van der Waals surface area contributed by atoms with E-state index in [4.69, 9.17) is 9.15 Å². The van der Waals surface area contributed by atoms with Crippen LogP contribution in [0.1, 0.15) is 16.9 Å². The van der Waals surface area contributed by atoms with Crippen molar-refractivity contribution < 1.29 is 23.1 Å². The van der Waals surface area contributed by atoms with Gasteiger partial charge in [-0.25, -0.2) is 9.82 Å². The topological polar surface area (TPSA) is 92.9 Å². The lowest BCUT2D eigenvalue weighted by Crippen LogP contribution is -2.37. The van der Waals surface area contributed by atoms with Crippen molar-refractivity contribution in [3.05, 3.63) is 89.6 Å². The minimum atomic E-state index is -0.886. The number of rotatable bonds is 7. The molecule has 1 heterocycles. The highest BCUT2D eigenvalue weighted by Gasteiger charge is 2.12. The summed E-state index contributed by atoms with van der Waals surface area (Å²) in [5.74, 6) is -0.876. The smallest absolute Gasteiger partial charge is 0.329 e.